The second-order valence-corrected chi connectivity index (χ2v) is 5.12. The lowest BCUT2D eigenvalue weighted by Crippen LogP contribution is -1.99. The predicted molar refractivity (Wildman–Crippen MR) is 85.0 cm³/mol. The Morgan fingerprint density at radius 1 is 0.773 bits per heavy atom. The fourth-order valence-electron chi connectivity index (χ4n) is 1.88. The fraction of sp³-hybridized carbons (Fsp3) is 0.222. The van der Waals surface area contributed by atoms with Gasteiger partial charge in [-0.1, -0.05) is 59.7 Å². The maximum Gasteiger partial charge on any atom is 0.307 e. The van der Waals surface area contributed by atoms with Crippen molar-refractivity contribution >= 4 is 11.9 Å². The lowest BCUT2D eigenvalue weighted by atomic mass is 10.1. The Morgan fingerprint density at radius 2 is 1.32 bits per heavy atom. The molecule has 0 unspecified atom stereocenters. The van der Waals surface area contributed by atoms with E-state index in [0.29, 0.717) is 0 Å². The van der Waals surface area contributed by atoms with Gasteiger partial charge in [0.25, 0.3) is 0 Å². The molecule has 0 aliphatic carbocycles. The normalized spacial score (nSPS) is 9.55. The summed E-state index contributed by atoms with van der Waals surface area (Å²) in [6, 6.07) is 15.0. The van der Waals surface area contributed by atoms with Crippen LogP contribution in [0.15, 0.2) is 48.5 Å². The number of aryl methyl sites for hydroxylation is 2. The average Bonchev–Trinajstić information content (AvgIpc) is 2.41. The van der Waals surface area contributed by atoms with Gasteiger partial charge in [0.1, 0.15) is 0 Å². The molecule has 0 aliphatic rings. The van der Waals surface area contributed by atoms with E-state index in [4.69, 9.17) is 10.2 Å². The quantitative estimate of drug-likeness (QED) is 0.909. The van der Waals surface area contributed by atoms with Crippen LogP contribution >= 0.6 is 0 Å². The van der Waals surface area contributed by atoms with E-state index >= 15 is 0 Å². The lowest BCUT2D eigenvalue weighted by molar-refractivity contribution is -0.137. The number of carboxylic acid groups (broad SMARTS) is 2. The second kappa shape index (κ2) is 8.62. The molecule has 2 rings (SSSR count). The molecule has 0 bridgehead atoms. The van der Waals surface area contributed by atoms with Crippen LogP contribution in [0.4, 0.5) is 0 Å². The monoisotopic (exact) mass is 300 g/mol. The van der Waals surface area contributed by atoms with Crippen LogP contribution in [0.2, 0.25) is 0 Å². The smallest absolute Gasteiger partial charge is 0.307 e. The molecule has 0 saturated carbocycles. The van der Waals surface area contributed by atoms with E-state index in [2.05, 4.69) is 0 Å². The van der Waals surface area contributed by atoms with Gasteiger partial charge in [0, 0.05) is 0 Å². The third kappa shape index (κ3) is 7.24. The number of carbonyl (C=O) groups is 2. The molecule has 0 aromatic heterocycles. The molecular formula is C18H20O4. The summed E-state index contributed by atoms with van der Waals surface area (Å²) in [7, 11) is 0. The molecule has 0 spiro atoms. The molecule has 2 aromatic rings. The summed E-state index contributed by atoms with van der Waals surface area (Å²) < 4.78 is 0. The predicted octanol–water partition coefficient (Wildman–Crippen LogP) is 3.24. The van der Waals surface area contributed by atoms with Crippen molar-refractivity contribution in [3.63, 3.8) is 0 Å². The molecule has 116 valence electrons. The Balaban J connectivity index is 0.000000220. The van der Waals surface area contributed by atoms with Crippen molar-refractivity contribution in [2.24, 2.45) is 0 Å². The average molecular weight is 300 g/mol. The molecule has 4 nitrogen and oxygen atoms in total. The van der Waals surface area contributed by atoms with E-state index in [1.165, 1.54) is 0 Å². The first kappa shape index (κ1) is 17.4. The van der Waals surface area contributed by atoms with Crippen LogP contribution in [0.3, 0.4) is 0 Å². The van der Waals surface area contributed by atoms with Gasteiger partial charge in [-0.15, -0.1) is 0 Å². The van der Waals surface area contributed by atoms with Crippen LogP contribution in [0.1, 0.15) is 22.3 Å². The number of hydrogen-bond acceptors (Lipinski definition) is 2. The van der Waals surface area contributed by atoms with Gasteiger partial charge in [-0.2, -0.15) is 0 Å². The van der Waals surface area contributed by atoms with E-state index in [9.17, 15) is 9.59 Å². The van der Waals surface area contributed by atoms with Gasteiger partial charge < -0.3 is 10.2 Å². The second-order valence-electron chi connectivity index (χ2n) is 5.12. The summed E-state index contributed by atoms with van der Waals surface area (Å²) in [4.78, 5) is 20.5. The van der Waals surface area contributed by atoms with Crippen LogP contribution in [0.25, 0.3) is 0 Å². The summed E-state index contributed by atoms with van der Waals surface area (Å²) in [5, 5.41) is 16.9. The topological polar surface area (TPSA) is 74.6 Å². The van der Waals surface area contributed by atoms with Crippen LogP contribution in [-0.4, -0.2) is 22.2 Å². The summed E-state index contributed by atoms with van der Waals surface area (Å²) >= 11 is 0. The van der Waals surface area contributed by atoms with Gasteiger partial charge in [0.15, 0.2) is 0 Å². The molecule has 2 aromatic carbocycles. The van der Waals surface area contributed by atoms with Gasteiger partial charge in [-0.25, -0.2) is 0 Å². The highest BCUT2D eigenvalue weighted by Gasteiger charge is 1.99. The Morgan fingerprint density at radius 3 is 1.82 bits per heavy atom. The molecule has 22 heavy (non-hydrogen) atoms. The van der Waals surface area contributed by atoms with E-state index in [1.54, 1.807) is 0 Å². The summed E-state index contributed by atoms with van der Waals surface area (Å²) in [6.07, 6.45) is 0.224. The highest BCUT2D eigenvalue weighted by Crippen LogP contribution is 2.04. The fourth-order valence-corrected chi connectivity index (χ4v) is 1.88. The molecular weight excluding hydrogens is 280 g/mol. The zero-order valence-electron chi connectivity index (χ0n) is 12.7. The SMILES string of the molecule is Cc1ccc(CC(=O)O)cc1.Cc1cccc(CC(=O)O)c1. The minimum Gasteiger partial charge on any atom is -0.481 e. The van der Waals surface area contributed by atoms with Crippen molar-refractivity contribution < 1.29 is 19.8 Å². The lowest BCUT2D eigenvalue weighted by Gasteiger charge is -1.96. The zero-order chi connectivity index (χ0) is 16.5. The molecule has 4 heteroatoms. The first-order valence-corrected chi connectivity index (χ1v) is 6.91. The summed E-state index contributed by atoms with van der Waals surface area (Å²) in [5.41, 5.74) is 3.96. The van der Waals surface area contributed by atoms with Crippen LogP contribution < -0.4 is 0 Å². The maximum absolute atomic E-state index is 10.3. The van der Waals surface area contributed by atoms with Gasteiger partial charge in [-0.3, -0.25) is 9.59 Å². The largest absolute Gasteiger partial charge is 0.481 e. The zero-order valence-corrected chi connectivity index (χ0v) is 12.7. The van der Waals surface area contributed by atoms with Crippen molar-refractivity contribution in [2.45, 2.75) is 26.7 Å². The van der Waals surface area contributed by atoms with Gasteiger partial charge in [-0.05, 0) is 25.0 Å². The first-order chi connectivity index (χ1) is 10.4. The standard InChI is InChI=1S/2C9H10O2/c1-7-2-4-8(5-3-7)6-9(10)11;1-7-3-2-4-8(5-7)6-9(10)11/h2*2-5H,6H2,1H3,(H,10,11). The van der Waals surface area contributed by atoms with Crippen molar-refractivity contribution in [1.82, 2.24) is 0 Å². The van der Waals surface area contributed by atoms with Gasteiger partial charge in [0.05, 0.1) is 12.8 Å². The third-order valence-corrected chi connectivity index (χ3v) is 2.91. The van der Waals surface area contributed by atoms with Crippen LogP contribution in [0.5, 0.6) is 0 Å². The molecule has 0 aliphatic heterocycles. The Hall–Kier alpha value is -2.62. The van der Waals surface area contributed by atoms with E-state index in [-0.39, 0.29) is 12.8 Å². The van der Waals surface area contributed by atoms with Crippen molar-refractivity contribution in [2.75, 3.05) is 0 Å². The van der Waals surface area contributed by atoms with Crippen molar-refractivity contribution in [3.8, 4) is 0 Å². The first-order valence-electron chi connectivity index (χ1n) is 6.91. The van der Waals surface area contributed by atoms with Gasteiger partial charge in [0.2, 0.25) is 0 Å². The number of aliphatic carboxylic acids is 2. The van der Waals surface area contributed by atoms with E-state index < -0.39 is 11.9 Å². The molecule has 0 saturated heterocycles. The van der Waals surface area contributed by atoms with Crippen LogP contribution in [0, 0.1) is 13.8 Å². The highest BCUT2D eigenvalue weighted by atomic mass is 16.4. The van der Waals surface area contributed by atoms with Crippen molar-refractivity contribution in [1.29, 1.82) is 0 Å². The molecule has 0 atom stereocenters. The van der Waals surface area contributed by atoms with Crippen LogP contribution in [-0.2, 0) is 22.4 Å². The minimum atomic E-state index is -0.783. The Labute approximate surface area is 130 Å². The van der Waals surface area contributed by atoms with E-state index in [0.717, 1.165) is 22.3 Å². The van der Waals surface area contributed by atoms with Gasteiger partial charge >= 0.3 is 11.9 Å². The number of benzene rings is 2. The highest BCUT2D eigenvalue weighted by molar-refractivity contribution is 5.70. The number of hydrogen-bond donors (Lipinski definition) is 2. The third-order valence-electron chi connectivity index (χ3n) is 2.91. The maximum atomic E-state index is 10.3. The molecule has 0 amide bonds. The molecule has 0 fully saturated rings. The summed E-state index contributed by atoms with van der Waals surface area (Å²) in [5.74, 6) is -1.57. The Kier molecular flexibility index (Phi) is 6.83. The van der Waals surface area contributed by atoms with Crippen molar-refractivity contribution in [3.05, 3.63) is 70.8 Å². The number of rotatable bonds is 4. The van der Waals surface area contributed by atoms with E-state index in [1.807, 2.05) is 62.4 Å². The Bertz CT molecular complexity index is 630. The molecule has 2 N–H and O–H groups in total. The minimum absolute atomic E-state index is 0.111. The molecule has 0 heterocycles. The number of carboxylic acids is 2. The molecule has 0 radical (unpaired) electrons. The summed E-state index contributed by atoms with van der Waals surface area (Å²) in [6.45, 7) is 3.93.